The Morgan fingerprint density at radius 3 is 2.68 bits per heavy atom. The predicted molar refractivity (Wildman–Crippen MR) is 82.2 cm³/mol. The summed E-state index contributed by atoms with van der Waals surface area (Å²) in [5.74, 6) is 0.699. The van der Waals surface area contributed by atoms with Crippen LogP contribution in [-0.2, 0) is 0 Å². The summed E-state index contributed by atoms with van der Waals surface area (Å²) in [6, 6.07) is 1.16. The van der Waals surface area contributed by atoms with Gasteiger partial charge in [-0.3, -0.25) is 0 Å². The lowest BCUT2D eigenvalue weighted by molar-refractivity contribution is 0.0783. The zero-order valence-corrected chi connectivity index (χ0v) is 13.4. The number of hydrogen-bond donors (Lipinski definition) is 1. The first-order valence-electron chi connectivity index (χ1n) is 8.02. The maximum atomic E-state index is 6.37. The van der Waals surface area contributed by atoms with E-state index in [2.05, 4.69) is 37.7 Å². The third-order valence-corrected chi connectivity index (χ3v) is 5.28. The Bertz CT molecular complexity index is 288. The highest BCUT2D eigenvalue weighted by atomic mass is 15.2. The first-order chi connectivity index (χ1) is 8.87. The van der Waals surface area contributed by atoms with E-state index in [-0.39, 0.29) is 0 Å². The number of likely N-dealkylation sites (N-methyl/N-ethyl adjacent to an activating group) is 1. The van der Waals surface area contributed by atoms with Gasteiger partial charge in [0.05, 0.1) is 0 Å². The molecule has 2 fully saturated rings. The van der Waals surface area contributed by atoms with Crippen molar-refractivity contribution in [3.63, 3.8) is 0 Å². The zero-order chi connectivity index (χ0) is 14.0. The molecule has 2 aliphatic rings. The second-order valence-electron chi connectivity index (χ2n) is 7.85. The normalized spacial score (nSPS) is 36.6. The minimum Gasteiger partial charge on any atom is -0.327 e. The Balaban J connectivity index is 1.88. The van der Waals surface area contributed by atoms with E-state index in [4.69, 9.17) is 5.73 Å². The van der Waals surface area contributed by atoms with Gasteiger partial charge in [0.2, 0.25) is 0 Å². The molecule has 112 valence electrons. The molecule has 1 heterocycles. The van der Waals surface area contributed by atoms with Gasteiger partial charge in [-0.1, -0.05) is 13.8 Å². The number of likely N-dealkylation sites (tertiary alicyclic amines) is 1. The van der Waals surface area contributed by atoms with Crippen molar-refractivity contribution in [2.45, 2.75) is 58.0 Å². The molecule has 3 unspecified atom stereocenters. The fourth-order valence-electron chi connectivity index (χ4n) is 3.91. The molecular weight excluding hydrogens is 234 g/mol. The summed E-state index contributed by atoms with van der Waals surface area (Å²) in [7, 11) is 4.42. The Hall–Kier alpha value is -0.120. The molecule has 3 nitrogen and oxygen atoms in total. The molecule has 3 heteroatoms. The van der Waals surface area contributed by atoms with Crippen LogP contribution in [0.5, 0.6) is 0 Å². The topological polar surface area (TPSA) is 32.5 Å². The van der Waals surface area contributed by atoms with Crippen LogP contribution >= 0.6 is 0 Å². The third kappa shape index (κ3) is 4.17. The maximum Gasteiger partial charge on any atom is 0.0217 e. The SMILES string of the molecule is CN(C)C1CCCN(CC2CC(C)(C)CCC2N)C1. The first-order valence-corrected chi connectivity index (χ1v) is 8.02. The number of hydrogen-bond acceptors (Lipinski definition) is 3. The van der Waals surface area contributed by atoms with E-state index in [1.54, 1.807) is 0 Å². The average molecular weight is 267 g/mol. The van der Waals surface area contributed by atoms with Crippen molar-refractivity contribution in [3.8, 4) is 0 Å². The molecule has 2 rings (SSSR count). The summed E-state index contributed by atoms with van der Waals surface area (Å²) in [6.45, 7) is 8.54. The van der Waals surface area contributed by atoms with Crippen LogP contribution in [0.25, 0.3) is 0 Å². The fraction of sp³-hybridized carbons (Fsp3) is 1.00. The van der Waals surface area contributed by atoms with Crippen LogP contribution in [-0.4, -0.2) is 55.6 Å². The molecule has 3 atom stereocenters. The first kappa shape index (κ1) is 15.3. The lowest BCUT2D eigenvalue weighted by Gasteiger charge is -2.43. The minimum atomic E-state index is 0.424. The average Bonchev–Trinajstić information content (AvgIpc) is 2.34. The van der Waals surface area contributed by atoms with Gasteiger partial charge in [-0.25, -0.2) is 0 Å². The van der Waals surface area contributed by atoms with Crippen LogP contribution in [0, 0.1) is 11.3 Å². The summed E-state index contributed by atoms with van der Waals surface area (Å²) < 4.78 is 0. The highest BCUT2D eigenvalue weighted by Crippen LogP contribution is 2.38. The summed E-state index contributed by atoms with van der Waals surface area (Å²) >= 11 is 0. The van der Waals surface area contributed by atoms with Crippen molar-refractivity contribution < 1.29 is 0 Å². The second-order valence-corrected chi connectivity index (χ2v) is 7.85. The molecule has 1 aliphatic heterocycles. The minimum absolute atomic E-state index is 0.424. The van der Waals surface area contributed by atoms with Crippen molar-refractivity contribution >= 4 is 0 Å². The van der Waals surface area contributed by atoms with E-state index in [1.807, 2.05) is 0 Å². The summed E-state index contributed by atoms with van der Waals surface area (Å²) in [5, 5.41) is 0. The monoisotopic (exact) mass is 267 g/mol. The summed E-state index contributed by atoms with van der Waals surface area (Å²) in [5.41, 5.74) is 6.87. The van der Waals surface area contributed by atoms with Gasteiger partial charge in [-0.2, -0.15) is 0 Å². The molecular formula is C16H33N3. The summed E-state index contributed by atoms with van der Waals surface area (Å²) in [6.07, 6.45) is 6.50. The van der Waals surface area contributed by atoms with Gasteiger partial charge in [-0.15, -0.1) is 0 Å². The Labute approximate surface area is 119 Å². The van der Waals surface area contributed by atoms with Crippen LogP contribution in [0.2, 0.25) is 0 Å². The van der Waals surface area contributed by atoms with Crippen molar-refractivity contribution in [2.24, 2.45) is 17.1 Å². The molecule has 0 spiro atoms. The third-order valence-electron chi connectivity index (χ3n) is 5.28. The van der Waals surface area contributed by atoms with Crippen molar-refractivity contribution in [2.75, 3.05) is 33.7 Å². The van der Waals surface area contributed by atoms with E-state index in [0.29, 0.717) is 17.4 Å². The Morgan fingerprint density at radius 1 is 1.26 bits per heavy atom. The van der Waals surface area contributed by atoms with E-state index in [1.165, 1.54) is 51.7 Å². The molecule has 2 N–H and O–H groups in total. The largest absolute Gasteiger partial charge is 0.327 e. The van der Waals surface area contributed by atoms with Gasteiger partial charge in [0.1, 0.15) is 0 Å². The second kappa shape index (κ2) is 6.11. The van der Waals surface area contributed by atoms with E-state index >= 15 is 0 Å². The number of rotatable bonds is 3. The Kier molecular flexibility index (Phi) is 4.91. The molecule has 0 amide bonds. The van der Waals surface area contributed by atoms with Crippen LogP contribution in [0.3, 0.4) is 0 Å². The predicted octanol–water partition coefficient (Wildman–Crippen LogP) is 2.17. The molecule has 1 aliphatic carbocycles. The van der Waals surface area contributed by atoms with Crippen molar-refractivity contribution in [1.82, 2.24) is 9.80 Å². The fourth-order valence-corrected chi connectivity index (χ4v) is 3.91. The smallest absolute Gasteiger partial charge is 0.0217 e. The van der Waals surface area contributed by atoms with Gasteiger partial charge >= 0.3 is 0 Å². The Morgan fingerprint density at radius 2 is 2.00 bits per heavy atom. The lowest BCUT2D eigenvalue weighted by Crippen LogP contribution is -2.50. The van der Waals surface area contributed by atoms with Crippen LogP contribution in [0.1, 0.15) is 46.0 Å². The van der Waals surface area contributed by atoms with E-state index in [0.717, 1.165) is 6.04 Å². The zero-order valence-electron chi connectivity index (χ0n) is 13.4. The molecule has 0 bridgehead atoms. The maximum absolute atomic E-state index is 6.37. The quantitative estimate of drug-likeness (QED) is 0.850. The molecule has 0 aromatic carbocycles. The number of piperidine rings is 1. The lowest BCUT2D eigenvalue weighted by atomic mass is 9.70. The molecule has 1 saturated carbocycles. The van der Waals surface area contributed by atoms with E-state index < -0.39 is 0 Å². The van der Waals surface area contributed by atoms with Crippen molar-refractivity contribution in [3.05, 3.63) is 0 Å². The molecule has 0 aromatic rings. The highest BCUT2D eigenvalue weighted by Gasteiger charge is 2.34. The van der Waals surface area contributed by atoms with E-state index in [9.17, 15) is 0 Å². The van der Waals surface area contributed by atoms with Gasteiger partial charge < -0.3 is 15.5 Å². The van der Waals surface area contributed by atoms with Crippen LogP contribution in [0.15, 0.2) is 0 Å². The molecule has 1 saturated heterocycles. The van der Waals surface area contributed by atoms with Gasteiger partial charge in [0.15, 0.2) is 0 Å². The standard InChI is InChI=1S/C16H33N3/c1-16(2)8-7-15(17)13(10-16)11-19-9-5-6-14(12-19)18(3)4/h13-15H,5-12,17H2,1-4H3. The van der Waals surface area contributed by atoms with Gasteiger partial charge in [0.25, 0.3) is 0 Å². The number of nitrogens with two attached hydrogens (primary N) is 1. The molecule has 0 radical (unpaired) electrons. The van der Waals surface area contributed by atoms with Crippen molar-refractivity contribution in [1.29, 1.82) is 0 Å². The number of nitrogens with zero attached hydrogens (tertiary/aromatic N) is 2. The highest BCUT2D eigenvalue weighted by molar-refractivity contribution is 4.90. The van der Waals surface area contributed by atoms with Gasteiger partial charge in [-0.05, 0) is 64.1 Å². The van der Waals surface area contributed by atoms with Crippen LogP contribution in [0.4, 0.5) is 0 Å². The molecule has 0 aromatic heterocycles. The van der Waals surface area contributed by atoms with Gasteiger partial charge in [0, 0.05) is 25.2 Å². The summed E-state index contributed by atoms with van der Waals surface area (Å²) in [4.78, 5) is 5.05. The van der Waals surface area contributed by atoms with Crippen LogP contribution < -0.4 is 5.73 Å². The molecule has 19 heavy (non-hydrogen) atoms.